The summed E-state index contributed by atoms with van der Waals surface area (Å²) in [6.07, 6.45) is 4.16. The molecule has 122 valence electrons. The molecule has 0 saturated carbocycles. The standard InChI is InChI=1S/C18H23N3O2/c1-3-4-5-18(22)21-17-11-8-15(13-20-17)19-12-14-6-9-16(23-2)10-7-14/h6-11,13,19H,3-5,12H2,1-2H3,(H,20,21,22). The lowest BCUT2D eigenvalue weighted by molar-refractivity contribution is -0.116. The maximum Gasteiger partial charge on any atom is 0.225 e. The molecule has 0 radical (unpaired) electrons. The highest BCUT2D eigenvalue weighted by atomic mass is 16.5. The number of rotatable bonds is 8. The van der Waals surface area contributed by atoms with Crippen molar-refractivity contribution >= 4 is 17.4 Å². The average molecular weight is 313 g/mol. The van der Waals surface area contributed by atoms with Crippen LogP contribution >= 0.6 is 0 Å². The van der Waals surface area contributed by atoms with Gasteiger partial charge in [0.05, 0.1) is 19.0 Å². The second-order valence-electron chi connectivity index (χ2n) is 5.29. The Hall–Kier alpha value is -2.56. The number of benzene rings is 1. The molecule has 0 unspecified atom stereocenters. The van der Waals surface area contributed by atoms with E-state index in [2.05, 4.69) is 22.5 Å². The molecule has 0 atom stereocenters. The number of methoxy groups -OCH3 is 1. The zero-order valence-corrected chi connectivity index (χ0v) is 13.6. The molecule has 0 aliphatic carbocycles. The summed E-state index contributed by atoms with van der Waals surface area (Å²) in [5, 5.41) is 6.10. The summed E-state index contributed by atoms with van der Waals surface area (Å²) in [6, 6.07) is 11.6. The fraction of sp³-hybridized carbons (Fsp3) is 0.333. The lowest BCUT2D eigenvalue weighted by Gasteiger charge is -2.08. The van der Waals surface area contributed by atoms with Gasteiger partial charge < -0.3 is 15.4 Å². The van der Waals surface area contributed by atoms with Gasteiger partial charge in [-0.3, -0.25) is 4.79 Å². The topological polar surface area (TPSA) is 63.2 Å². The van der Waals surface area contributed by atoms with Crippen LogP contribution in [0.3, 0.4) is 0 Å². The fourth-order valence-electron chi connectivity index (χ4n) is 2.06. The third-order valence-electron chi connectivity index (χ3n) is 3.44. The Morgan fingerprint density at radius 1 is 1.17 bits per heavy atom. The fourth-order valence-corrected chi connectivity index (χ4v) is 2.06. The van der Waals surface area contributed by atoms with E-state index in [1.165, 1.54) is 0 Å². The molecule has 2 aromatic rings. The van der Waals surface area contributed by atoms with Crippen LogP contribution in [0, 0.1) is 0 Å². The molecule has 0 bridgehead atoms. The average Bonchev–Trinajstić information content (AvgIpc) is 2.60. The van der Waals surface area contributed by atoms with E-state index in [1.807, 2.05) is 30.3 Å². The second kappa shape index (κ2) is 8.78. The number of ether oxygens (including phenoxy) is 1. The van der Waals surface area contributed by atoms with Gasteiger partial charge in [-0.1, -0.05) is 25.5 Å². The van der Waals surface area contributed by atoms with Crippen molar-refractivity contribution < 1.29 is 9.53 Å². The Kier molecular flexibility index (Phi) is 6.41. The number of hydrogen-bond donors (Lipinski definition) is 2. The van der Waals surface area contributed by atoms with E-state index >= 15 is 0 Å². The predicted molar refractivity (Wildman–Crippen MR) is 92.7 cm³/mol. The summed E-state index contributed by atoms with van der Waals surface area (Å²) < 4.78 is 5.14. The van der Waals surface area contributed by atoms with E-state index in [9.17, 15) is 4.79 Å². The van der Waals surface area contributed by atoms with Crippen LogP contribution in [0.4, 0.5) is 11.5 Å². The minimum atomic E-state index is 0.0123. The van der Waals surface area contributed by atoms with Crippen LogP contribution < -0.4 is 15.4 Å². The van der Waals surface area contributed by atoms with Crippen molar-refractivity contribution in [2.45, 2.75) is 32.7 Å². The molecule has 0 fully saturated rings. The van der Waals surface area contributed by atoms with Gasteiger partial charge in [-0.15, -0.1) is 0 Å². The van der Waals surface area contributed by atoms with Crippen molar-refractivity contribution in [3.63, 3.8) is 0 Å². The summed E-state index contributed by atoms with van der Waals surface area (Å²) in [7, 11) is 1.65. The number of carbonyl (C=O) groups is 1. The maximum atomic E-state index is 11.6. The first-order chi connectivity index (χ1) is 11.2. The summed E-state index contributed by atoms with van der Waals surface area (Å²) in [5.41, 5.74) is 2.06. The molecule has 1 aromatic heterocycles. The molecule has 1 aromatic carbocycles. The minimum Gasteiger partial charge on any atom is -0.497 e. The smallest absolute Gasteiger partial charge is 0.225 e. The highest BCUT2D eigenvalue weighted by Crippen LogP contribution is 2.14. The predicted octanol–water partition coefficient (Wildman–Crippen LogP) is 3.83. The molecule has 2 N–H and O–H groups in total. The summed E-state index contributed by atoms with van der Waals surface area (Å²) in [4.78, 5) is 15.9. The van der Waals surface area contributed by atoms with Crippen molar-refractivity contribution in [1.82, 2.24) is 4.98 Å². The van der Waals surface area contributed by atoms with Crippen molar-refractivity contribution in [2.75, 3.05) is 17.7 Å². The Labute approximate surface area is 137 Å². The first-order valence-corrected chi connectivity index (χ1v) is 7.84. The first kappa shape index (κ1) is 16.8. The first-order valence-electron chi connectivity index (χ1n) is 7.84. The van der Waals surface area contributed by atoms with E-state index in [0.717, 1.165) is 29.8 Å². The van der Waals surface area contributed by atoms with E-state index in [0.29, 0.717) is 18.8 Å². The molecule has 5 nitrogen and oxygen atoms in total. The van der Waals surface area contributed by atoms with Crippen LogP contribution in [0.1, 0.15) is 31.7 Å². The Bertz CT molecular complexity index is 609. The number of carbonyl (C=O) groups excluding carboxylic acids is 1. The molecule has 2 rings (SSSR count). The number of hydrogen-bond acceptors (Lipinski definition) is 4. The second-order valence-corrected chi connectivity index (χ2v) is 5.29. The van der Waals surface area contributed by atoms with Crippen molar-refractivity contribution in [3.05, 3.63) is 48.2 Å². The van der Waals surface area contributed by atoms with Crippen LogP contribution in [-0.2, 0) is 11.3 Å². The van der Waals surface area contributed by atoms with Gasteiger partial charge in [0.1, 0.15) is 11.6 Å². The molecule has 0 spiro atoms. The summed E-state index contributed by atoms with van der Waals surface area (Å²) >= 11 is 0. The number of anilines is 2. The summed E-state index contributed by atoms with van der Waals surface area (Å²) in [5.74, 6) is 1.44. The largest absolute Gasteiger partial charge is 0.497 e. The van der Waals surface area contributed by atoms with Crippen molar-refractivity contribution in [1.29, 1.82) is 0 Å². The molecule has 23 heavy (non-hydrogen) atoms. The van der Waals surface area contributed by atoms with Crippen LogP contribution in [0.25, 0.3) is 0 Å². The van der Waals surface area contributed by atoms with Gasteiger partial charge in [0.25, 0.3) is 0 Å². The van der Waals surface area contributed by atoms with Crippen molar-refractivity contribution in [2.24, 2.45) is 0 Å². The van der Waals surface area contributed by atoms with Crippen LogP contribution in [0.2, 0.25) is 0 Å². The van der Waals surface area contributed by atoms with E-state index in [1.54, 1.807) is 19.4 Å². The Balaban J connectivity index is 1.83. The van der Waals surface area contributed by atoms with E-state index < -0.39 is 0 Å². The third kappa shape index (κ3) is 5.62. The lowest BCUT2D eigenvalue weighted by Crippen LogP contribution is -2.12. The SMILES string of the molecule is CCCCC(=O)Nc1ccc(NCc2ccc(OC)cc2)cn1. The highest BCUT2D eigenvalue weighted by molar-refractivity contribution is 5.89. The molecule has 5 heteroatoms. The van der Waals surface area contributed by atoms with Gasteiger partial charge in [0.15, 0.2) is 0 Å². The number of pyridine rings is 1. The number of unbranched alkanes of at least 4 members (excludes halogenated alkanes) is 1. The number of amides is 1. The molecule has 0 saturated heterocycles. The quantitative estimate of drug-likeness (QED) is 0.777. The number of aromatic nitrogens is 1. The number of nitrogens with zero attached hydrogens (tertiary/aromatic N) is 1. The van der Waals surface area contributed by atoms with E-state index in [-0.39, 0.29) is 5.91 Å². The zero-order chi connectivity index (χ0) is 16.5. The van der Waals surface area contributed by atoms with Crippen LogP contribution in [0.15, 0.2) is 42.6 Å². The van der Waals surface area contributed by atoms with Gasteiger partial charge in [0.2, 0.25) is 5.91 Å². The lowest BCUT2D eigenvalue weighted by atomic mass is 10.2. The molecule has 1 amide bonds. The minimum absolute atomic E-state index is 0.0123. The summed E-state index contributed by atoms with van der Waals surface area (Å²) in [6.45, 7) is 2.77. The van der Waals surface area contributed by atoms with Gasteiger partial charge in [-0.05, 0) is 36.2 Å². The molecule has 1 heterocycles. The molecule has 0 aliphatic heterocycles. The Morgan fingerprint density at radius 3 is 2.57 bits per heavy atom. The highest BCUT2D eigenvalue weighted by Gasteiger charge is 2.02. The van der Waals surface area contributed by atoms with Gasteiger partial charge in [0, 0.05) is 13.0 Å². The van der Waals surface area contributed by atoms with Crippen LogP contribution in [0.5, 0.6) is 5.75 Å². The monoisotopic (exact) mass is 313 g/mol. The van der Waals surface area contributed by atoms with Crippen LogP contribution in [-0.4, -0.2) is 18.0 Å². The third-order valence-corrected chi connectivity index (χ3v) is 3.44. The van der Waals surface area contributed by atoms with E-state index in [4.69, 9.17) is 4.74 Å². The number of nitrogens with one attached hydrogen (secondary N) is 2. The Morgan fingerprint density at radius 2 is 1.96 bits per heavy atom. The molecular weight excluding hydrogens is 290 g/mol. The zero-order valence-electron chi connectivity index (χ0n) is 13.6. The normalized spacial score (nSPS) is 10.2. The molecule has 0 aliphatic rings. The van der Waals surface area contributed by atoms with Crippen molar-refractivity contribution in [3.8, 4) is 5.75 Å². The van der Waals surface area contributed by atoms with Gasteiger partial charge >= 0.3 is 0 Å². The maximum absolute atomic E-state index is 11.6. The van der Waals surface area contributed by atoms with Gasteiger partial charge in [-0.2, -0.15) is 0 Å². The molecular formula is C18H23N3O2. The van der Waals surface area contributed by atoms with Gasteiger partial charge in [-0.25, -0.2) is 4.98 Å².